The van der Waals surface area contributed by atoms with E-state index >= 15 is 0 Å². The van der Waals surface area contributed by atoms with Crippen LogP contribution in [0, 0.1) is 19.3 Å². The molecule has 3 atom stereocenters. The van der Waals surface area contributed by atoms with Crippen LogP contribution >= 0.6 is 11.3 Å². The number of aryl methyl sites for hydroxylation is 2. The van der Waals surface area contributed by atoms with Crippen LogP contribution in [-0.2, 0) is 25.7 Å². The zero-order valence-electron chi connectivity index (χ0n) is 42.9. The first-order valence-corrected chi connectivity index (χ1v) is 26.6. The number of benzene rings is 1. The van der Waals surface area contributed by atoms with Gasteiger partial charge in [0, 0.05) is 76.2 Å². The van der Waals surface area contributed by atoms with Crippen molar-refractivity contribution in [3.63, 3.8) is 0 Å². The van der Waals surface area contributed by atoms with Crippen molar-refractivity contribution in [2.24, 2.45) is 5.41 Å². The molecule has 0 spiro atoms. The first kappa shape index (κ1) is 52.7. The average molecular weight is 1020 g/mol. The summed E-state index contributed by atoms with van der Waals surface area (Å²) < 4.78 is 1.69. The first-order chi connectivity index (χ1) is 35.0. The van der Waals surface area contributed by atoms with Gasteiger partial charge in [0.05, 0.1) is 39.6 Å². The molecule has 19 heteroatoms. The number of anilines is 3. The second-order valence-electron chi connectivity index (χ2n) is 20.9. The number of hydrogen-bond donors (Lipinski definition) is 4. The molecule has 2 saturated heterocycles. The molecule has 73 heavy (non-hydrogen) atoms. The molecule has 3 fully saturated rings. The number of aliphatic hydroxyl groups is 1. The Kier molecular flexibility index (Phi) is 16.7. The van der Waals surface area contributed by atoms with Gasteiger partial charge in [-0.05, 0) is 87.1 Å². The quantitative estimate of drug-likeness (QED) is 0.0557. The number of nitrogens with zero attached hydrogens (tertiary/aromatic N) is 8. The van der Waals surface area contributed by atoms with Gasteiger partial charge in [-0.25, -0.2) is 15.0 Å². The Bertz CT molecular complexity index is 2870. The van der Waals surface area contributed by atoms with E-state index in [1.54, 1.807) is 35.2 Å². The van der Waals surface area contributed by atoms with Crippen LogP contribution in [0.25, 0.3) is 21.5 Å². The maximum atomic E-state index is 14.1. The predicted octanol–water partition coefficient (Wildman–Crippen LogP) is 6.79. The van der Waals surface area contributed by atoms with Crippen molar-refractivity contribution in [1.29, 1.82) is 0 Å². The molecule has 1 unspecified atom stereocenters. The number of nitrogens with one attached hydrogen (secondary N) is 3. The number of carbonyl (C=O) groups excluding carboxylic acids is 5. The summed E-state index contributed by atoms with van der Waals surface area (Å²) >= 11 is 1.57. The molecule has 6 heterocycles. The van der Waals surface area contributed by atoms with Crippen molar-refractivity contribution in [3.8, 4) is 10.4 Å². The highest BCUT2D eigenvalue weighted by Gasteiger charge is 2.44. The van der Waals surface area contributed by atoms with Gasteiger partial charge in [0.15, 0.2) is 5.78 Å². The molecule has 1 saturated carbocycles. The number of fused-ring (bicyclic) bond motifs is 1. The molecule has 388 valence electrons. The second kappa shape index (κ2) is 23.1. The number of β-amino-alcohol motifs (C(OH)–C–C–N with tert-alkyl or cyclic N) is 1. The van der Waals surface area contributed by atoms with Crippen molar-refractivity contribution >= 4 is 69.2 Å². The molecule has 0 bridgehead atoms. The van der Waals surface area contributed by atoms with Gasteiger partial charge in [0.1, 0.15) is 23.5 Å². The number of amides is 4. The van der Waals surface area contributed by atoms with E-state index in [9.17, 15) is 33.9 Å². The van der Waals surface area contributed by atoms with E-state index in [0.717, 1.165) is 66.0 Å². The fourth-order valence-electron chi connectivity index (χ4n) is 10.4. The predicted molar refractivity (Wildman–Crippen MR) is 282 cm³/mol. The van der Waals surface area contributed by atoms with E-state index in [2.05, 4.69) is 35.8 Å². The molecule has 0 radical (unpaired) electrons. The summed E-state index contributed by atoms with van der Waals surface area (Å²) in [6.07, 6.45) is 9.63. The van der Waals surface area contributed by atoms with Crippen molar-refractivity contribution in [2.75, 3.05) is 42.9 Å². The minimum Gasteiger partial charge on any atom is -0.391 e. The van der Waals surface area contributed by atoms with Gasteiger partial charge in [-0.3, -0.25) is 33.3 Å². The fourth-order valence-corrected chi connectivity index (χ4v) is 11.2. The third-order valence-corrected chi connectivity index (χ3v) is 15.4. The number of hydrogen-bond acceptors (Lipinski definition) is 14. The number of pyridine rings is 2. The summed E-state index contributed by atoms with van der Waals surface area (Å²) in [7, 11) is 0. The van der Waals surface area contributed by atoms with Gasteiger partial charge < -0.3 is 35.8 Å². The smallest absolute Gasteiger partial charge is 0.263 e. The van der Waals surface area contributed by atoms with Crippen molar-refractivity contribution in [1.82, 2.24) is 44.9 Å². The van der Waals surface area contributed by atoms with Gasteiger partial charge in [0.2, 0.25) is 29.6 Å². The van der Waals surface area contributed by atoms with E-state index in [1.807, 2.05) is 74.5 Å². The number of aliphatic hydroxyl groups excluding tert-OH is 1. The maximum Gasteiger partial charge on any atom is 0.263 e. The lowest BCUT2D eigenvalue weighted by atomic mass is 9.85. The highest BCUT2D eigenvalue weighted by molar-refractivity contribution is 7.13. The monoisotopic (exact) mass is 1020 g/mol. The number of Topliss-reactive ketones (excluding diaryl/α,β-unsaturated/α-hetero) is 1. The van der Waals surface area contributed by atoms with Crippen LogP contribution in [0.3, 0.4) is 0 Å². The van der Waals surface area contributed by atoms with Gasteiger partial charge in [-0.15, -0.1) is 11.3 Å². The van der Waals surface area contributed by atoms with E-state index in [1.165, 1.54) is 11.8 Å². The summed E-state index contributed by atoms with van der Waals surface area (Å²) in [5, 5.41) is 20.4. The van der Waals surface area contributed by atoms with E-state index in [4.69, 9.17) is 4.98 Å². The molecule has 1 aliphatic carbocycles. The normalized spacial score (nSPS) is 17.9. The Balaban J connectivity index is 0.772. The topological polar surface area (TPSA) is 225 Å². The molecular weight excluding hydrogens is 947 g/mol. The van der Waals surface area contributed by atoms with Crippen molar-refractivity contribution in [3.05, 3.63) is 87.0 Å². The lowest BCUT2D eigenvalue weighted by Crippen LogP contribution is -2.57. The average Bonchev–Trinajstić information content (AvgIpc) is 4.10. The van der Waals surface area contributed by atoms with E-state index < -0.39 is 29.5 Å². The highest BCUT2D eigenvalue weighted by Crippen LogP contribution is 2.33. The molecule has 4 amide bonds. The van der Waals surface area contributed by atoms with Crippen LogP contribution < -0.4 is 26.4 Å². The lowest BCUT2D eigenvalue weighted by molar-refractivity contribution is -0.144. The SMILES string of the molecule is CC(=O)c1c(C)c2cnc(Nc3ccc(N4CCCN(C(=O)CCCCCC(=O)NC(C(=O)N5C[C@H](O)C[C@H]5C(=O)NCc5ccc(-c6scnc6C)cc5)C(C)(C)C)CC4)cn3)nc2n(C2CCCC2)c1=O. The largest absolute Gasteiger partial charge is 0.391 e. The van der Waals surface area contributed by atoms with Crippen LogP contribution in [-0.4, -0.2) is 120 Å². The van der Waals surface area contributed by atoms with Gasteiger partial charge in [-0.1, -0.05) is 64.3 Å². The molecule has 1 aromatic carbocycles. The number of thiazole rings is 1. The van der Waals surface area contributed by atoms with Crippen LogP contribution in [0.15, 0.2) is 59.1 Å². The Labute approximate surface area is 430 Å². The Morgan fingerprint density at radius 3 is 2.32 bits per heavy atom. The molecule has 4 aromatic heterocycles. The van der Waals surface area contributed by atoms with Gasteiger partial charge in [-0.2, -0.15) is 4.98 Å². The van der Waals surface area contributed by atoms with E-state index in [-0.39, 0.29) is 66.6 Å². The standard InChI is InChI=1S/C54H69N11O7S/c1-33-41-30-57-53(61-49(41)65(38-13-10-11-14-38)51(71)46(33)35(3)66)59-43-22-21-39(29-55-43)62-23-12-24-63(26-25-62)45(69)16-9-7-8-15-44(68)60-48(54(4,5)6)52(72)64-31-40(67)27-42(64)50(70)56-28-36-17-19-37(20-18-36)47-34(2)58-32-73-47/h17-22,29-30,32,38,40,42,48,67H,7-16,23-28,31H2,1-6H3,(H,56,70)(H,60,68)(H,55,57,59,61)/t40-,42+,48?/m1/s1. The molecule has 3 aliphatic rings. The zero-order valence-corrected chi connectivity index (χ0v) is 43.7. The van der Waals surface area contributed by atoms with Crippen molar-refractivity contribution in [2.45, 2.75) is 143 Å². The summed E-state index contributed by atoms with van der Waals surface area (Å²) in [5.74, 6) is -0.391. The molecular formula is C54H69N11O7S. The maximum absolute atomic E-state index is 14.1. The lowest BCUT2D eigenvalue weighted by Gasteiger charge is -2.35. The van der Waals surface area contributed by atoms with Crippen LogP contribution in [0.2, 0.25) is 0 Å². The minimum atomic E-state index is -0.916. The highest BCUT2D eigenvalue weighted by atomic mass is 32.1. The van der Waals surface area contributed by atoms with E-state index in [0.29, 0.717) is 73.7 Å². The van der Waals surface area contributed by atoms with Crippen LogP contribution in [0.5, 0.6) is 0 Å². The van der Waals surface area contributed by atoms with Crippen LogP contribution in [0.4, 0.5) is 17.5 Å². The Morgan fingerprint density at radius 1 is 0.877 bits per heavy atom. The first-order valence-electron chi connectivity index (χ1n) is 25.7. The van der Waals surface area contributed by atoms with Crippen molar-refractivity contribution < 1.29 is 29.1 Å². The molecule has 5 aromatic rings. The fraction of sp³-hybridized carbons (Fsp3) is 0.519. The number of ketones is 1. The second-order valence-corrected chi connectivity index (χ2v) is 21.7. The summed E-state index contributed by atoms with van der Waals surface area (Å²) in [6, 6.07) is 9.91. The third kappa shape index (κ3) is 12.4. The number of rotatable bonds is 17. The van der Waals surface area contributed by atoms with Gasteiger partial charge in [0.25, 0.3) is 5.56 Å². The van der Waals surface area contributed by atoms with Crippen LogP contribution in [0.1, 0.15) is 132 Å². The minimum absolute atomic E-state index is 0.00310. The third-order valence-electron chi connectivity index (χ3n) is 14.5. The summed E-state index contributed by atoms with van der Waals surface area (Å²) in [4.78, 5) is 105. The number of aromatic nitrogens is 5. The number of likely N-dealkylation sites (tertiary alicyclic amines) is 1. The van der Waals surface area contributed by atoms with Gasteiger partial charge >= 0.3 is 0 Å². The molecule has 18 nitrogen and oxygen atoms in total. The molecule has 4 N–H and O–H groups in total. The summed E-state index contributed by atoms with van der Waals surface area (Å²) in [6.45, 7) is 13.6. The Hall–Kier alpha value is -6.60. The zero-order chi connectivity index (χ0) is 52.0. The molecule has 8 rings (SSSR count). The number of carbonyl (C=O) groups is 5. The molecule has 2 aliphatic heterocycles. The number of unbranched alkanes of at least 4 members (excludes halogenated alkanes) is 2. The summed E-state index contributed by atoms with van der Waals surface area (Å²) in [5.41, 5.74) is 5.97. The Morgan fingerprint density at radius 2 is 1.63 bits per heavy atom.